The molecule has 2 unspecified atom stereocenters. The molecule has 7 nitrogen and oxygen atoms in total. The van der Waals surface area contributed by atoms with Crippen molar-refractivity contribution in [3.63, 3.8) is 0 Å². The number of piperidine rings is 1. The Morgan fingerprint density at radius 2 is 1.96 bits per heavy atom. The van der Waals surface area contributed by atoms with E-state index in [1.807, 2.05) is 26.8 Å². The third-order valence-corrected chi connectivity index (χ3v) is 4.64. The molecule has 2 aliphatic rings. The number of hydrogen-bond acceptors (Lipinski definition) is 6. The highest BCUT2D eigenvalue weighted by Gasteiger charge is 2.49. The van der Waals surface area contributed by atoms with Crippen molar-refractivity contribution in [3.05, 3.63) is 23.9 Å². The Bertz CT molecular complexity index is 611. The van der Waals surface area contributed by atoms with E-state index < -0.39 is 11.2 Å². The first-order valence-electron chi connectivity index (χ1n) is 8.54. The first kappa shape index (κ1) is 17.9. The molecular formula is C18H26N2O5. The van der Waals surface area contributed by atoms with E-state index in [1.54, 1.807) is 24.3 Å². The second-order valence-electron chi connectivity index (χ2n) is 7.76. The first-order valence-corrected chi connectivity index (χ1v) is 8.54. The zero-order valence-corrected chi connectivity index (χ0v) is 15.2. The Balaban J connectivity index is 1.81. The van der Waals surface area contributed by atoms with Crippen LogP contribution in [0.15, 0.2) is 18.3 Å². The summed E-state index contributed by atoms with van der Waals surface area (Å²) >= 11 is 0. The summed E-state index contributed by atoms with van der Waals surface area (Å²) in [6.45, 7) is 6.32. The zero-order valence-electron chi connectivity index (χ0n) is 15.2. The molecule has 0 spiro atoms. The lowest BCUT2D eigenvalue weighted by Crippen LogP contribution is -2.63. The maximum atomic E-state index is 12.6. The second-order valence-corrected chi connectivity index (χ2v) is 7.76. The van der Waals surface area contributed by atoms with E-state index in [4.69, 9.17) is 14.2 Å². The SMILES string of the molecule is COc1ccc(C2(O)CC3COCC(C2)N3C(=O)OC(C)(C)C)cn1. The molecule has 0 aromatic carbocycles. The highest BCUT2D eigenvalue weighted by molar-refractivity contribution is 5.69. The Morgan fingerprint density at radius 3 is 2.44 bits per heavy atom. The minimum Gasteiger partial charge on any atom is -0.481 e. The number of aromatic nitrogens is 1. The highest BCUT2D eigenvalue weighted by atomic mass is 16.6. The molecule has 0 aliphatic carbocycles. The summed E-state index contributed by atoms with van der Waals surface area (Å²) in [5, 5.41) is 11.2. The molecule has 138 valence electrons. The number of nitrogens with zero attached hydrogens (tertiary/aromatic N) is 2. The largest absolute Gasteiger partial charge is 0.481 e. The standard InChI is InChI=1S/C18H26N2O5/c1-17(2,3)25-16(21)20-13-7-18(22,8-14(20)11-24-10-13)12-5-6-15(23-4)19-9-12/h5-6,9,13-14,22H,7-8,10-11H2,1-4H3. The van der Waals surface area contributed by atoms with Gasteiger partial charge in [-0.15, -0.1) is 0 Å². The summed E-state index contributed by atoms with van der Waals surface area (Å²) in [6, 6.07) is 3.11. The Kier molecular flexibility index (Phi) is 4.64. The van der Waals surface area contributed by atoms with Gasteiger partial charge in [-0.1, -0.05) is 0 Å². The van der Waals surface area contributed by atoms with Crippen LogP contribution in [0.4, 0.5) is 4.79 Å². The van der Waals surface area contributed by atoms with Gasteiger partial charge in [0.15, 0.2) is 0 Å². The summed E-state index contributed by atoms with van der Waals surface area (Å²) in [6.07, 6.45) is 2.06. The number of carbonyl (C=O) groups is 1. The number of ether oxygens (including phenoxy) is 3. The topological polar surface area (TPSA) is 81.1 Å². The average Bonchev–Trinajstić information content (AvgIpc) is 2.52. The molecule has 2 saturated heterocycles. The second kappa shape index (κ2) is 6.46. The van der Waals surface area contributed by atoms with Crippen molar-refractivity contribution in [1.29, 1.82) is 0 Å². The van der Waals surface area contributed by atoms with Crippen LogP contribution >= 0.6 is 0 Å². The van der Waals surface area contributed by atoms with Gasteiger partial charge in [0, 0.05) is 30.7 Å². The molecule has 1 amide bonds. The summed E-state index contributed by atoms with van der Waals surface area (Å²) in [4.78, 5) is 18.5. The predicted octanol–water partition coefficient (Wildman–Crippen LogP) is 2.08. The predicted molar refractivity (Wildman–Crippen MR) is 90.4 cm³/mol. The van der Waals surface area contributed by atoms with Gasteiger partial charge in [-0.05, 0) is 26.8 Å². The number of aliphatic hydroxyl groups is 1. The zero-order chi connectivity index (χ0) is 18.2. The van der Waals surface area contributed by atoms with E-state index in [-0.39, 0.29) is 18.2 Å². The number of methoxy groups -OCH3 is 1. The summed E-state index contributed by atoms with van der Waals surface area (Å²) in [5.74, 6) is 0.502. The van der Waals surface area contributed by atoms with E-state index in [1.165, 1.54) is 0 Å². The molecule has 1 aromatic heterocycles. The Labute approximate surface area is 147 Å². The number of amides is 1. The van der Waals surface area contributed by atoms with Gasteiger partial charge in [-0.3, -0.25) is 4.90 Å². The summed E-state index contributed by atoms with van der Waals surface area (Å²) < 4.78 is 16.2. The van der Waals surface area contributed by atoms with Crippen LogP contribution in [-0.4, -0.2) is 59.1 Å². The number of hydrogen-bond donors (Lipinski definition) is 1. The van der Waals surface area contributed by atoms with Gasteiger partial charge in [0.1, 0.15) is 5.60 Å². The van der Waals surface area contributed by atoms with E-state index in [0.29, 0.717) is 31.9 Å². The average molecular weight is 350 g/mol. The number of rotatable bonds is 2. The van der Waals surface area contributed by atoms with Crippen LogP contribution in [-0.2, 0) is 15.1 Å². The van der Waals surface area contributed by atoms with Gasteiger partial charge in [0.2, 0.25) is 5.88 Å². The van der Waals surface area contributed by atoms with E-state index >= 15 is 0 Å². The fourth-order valence-corrected chi connectivity index (χ4v) is 3.60. The molecule has 1 N–H and O–H groups in total. The lowest BCUT2D eigenvalue weighted by atomic mass is 9.77. The van der Waals surface area contributed by atoms with Crippen molar-refractivity contribution in [2.75, 3.05) is 20.3 Å². The van der Waals surface area contributed by atoms with Gasteiger partial charge < -0.3 is 19.3 Å². The monoisotopic (exact) mass is 350 g/mol. The normalized spacial score (nSPS) is 29.2. The fraction of sp³-hybridized carbons (Fsp3) is 0.667. The first-order chi connectivity index (χ1) is 11.7. The molecule has 3 heterocycles. The number of morpholine rings is 1. The van der Waals surface area contributed by atoms with Crippen LogP contribution < -0.4 is 4.74 Å². The van der Waals surface area contributed by atoms with Crippen LogP contribution in [0.1, 0.15) is 39.2 Å². The van der Waals surface area contributed by atoms with Gasteiger partial charge in [-0.25, -0.2) is 9.78 Å². The fourth-order valence-electron chi connectivity index (χ4n) is 3.60. The molecule has 1 aromatic rings. The van der Waals surface area contributed by atoms with Crippen molar-refractivity contribution in [3.8, 4) is 5.88 Å². The summed E-state index contributed by atoms with van der Waals surface area (Å²) in [5.41, 5.74) is -0.870. The minimum atomic E-state index is -1.04. The third-order valence-electron chi connectivity index (χ3n) is 4.64. The maximum Gasteiger partial charge on any atom is 0.410 e. The smallest absolute Gasteiger partial charge is 0.410 e. The van der Waals surface area contributed by atoms with Crippen LogP contribution in [0.5, 0.6) is 5.88 Å². The van der Waals surface area contributed by atoms with Crippen molar-refractivity contribution < 1.29 is 24.1 Å². The molecule has 2 atom stereocenters. The molecule has 7 heteroatoms. The molecule has 2 aliphatic heterocycles. The van der Waals surface area contributed by atoms with Gasteiger partial charge in [0.05, 0.1) is 38.0 Å². The minimum absolute atomic E-state index is 0.227. The quantitative estimate of drug-likeness (QED) is 0.879. The molecule has 2 bridgehead atoms. The van der Waals surface area contributed by atoms with Gasteiger partial charge in [-0.2, -0.15) is 0 Å². The summed E-state index contributed by atoms with van der Waals surface area (Å²) in [7, 11) is 1.55. The molecule has 2 fully saturated rings. The Hall–Kier alpha value is -1.86. The van der Waals surface area contributed by atoms with Gasteiger partial charge in [0.25, 0.3) is 0 Å². The molecule has 25 heavy (non-hydrogen) atoms. The molecular weight excluding hydrogens is 324 g/mol. The third kappa shape index (κ3) is 3.72. The molecule has 3 rings (SSSR count). The highest BCUT2D eigenvalue weighted by Crippen LogP contribution is 2.41. The van der Waals surface area contributed by atoms with Crippen molar-refractivity contribution in [1.82, 2.24) is 9.88 Å². The van der Waals surface area contributed by atoms with Crippen LogP contribution in [0, 0.1) is 0 Å². The van der Waals surface area contributed by atoms with E-state index in [0.717, 1.165) is 5.56 Å². The van der Waals surface area contributed by atoms with Crippen molar-refractivity contribution in [2.45, 2.75) is 56.9 Å². The van der Waals surface area contributed by atoms with Crippen molar-refractivity contribution in [2.24, 2.45) is 0 Å². The lowest BCUT2D eigenvalue weighted by molar-refractivity contribution is -0.141. The number of pyridine rings is 1. The number of fused-ring (bicyclic) bond motifs is 2. The Morgan fingerprint density at radius 1 is 1.32 bits per heavy atom. The van der Waals surface area contributed by atoms with Crippen molar-refractivity contribution >= 4 is 6.09 Å². The maximum absolute atomic E-state index is 12.6. The lowest BCUT2D eigenvalue weighted by Gasteiger charge is -2.51. The van der Waals surface area contributed by atoms with Crippen LogP contribution in [0.2, 0.25) is 0 Å². The molecule has 0 radical (unpaired) electrons. The number of carbonyl (C=O) groups excluding carboxylic acids is 1. The van der Waals surface area contributed by atoms with E-state index in [2.05, 4.69) is 4.98 Å². The van der Waals surface area contributed by atoms with Gasteiger partial charge >= 0.3 is 6.09 Å². The van der Waals surface area contributed by atoms with Crippen LogP contribution in [0.3, 0.4) is 0 Å². The van der Waals surface area contributed by atoms with E-state index in [9.17, 15) is 9.90 Å². The molecule has 0 saturated carbocycles. The van der Waals surface area contributed by atoms with Crippen LogP contribution in [0.25, 0.3) is 0 Å².